The van der Waals surface area contributed by atoms with Gasteiger partial charge in [-0.15, -0.1) is 11.3 Å². The van der Waals surface area contributed by atoms with Crippen molar-refractivity contribution in [2.45, 2.75) is 12.5 Å². The molecular formula is C14H14BrNO3S. The standard InChI is InChI=1S/C14H14BrNO3S/c15-10-4-3-9(8-12(10)18)14(19)16-11(5-6-17)13-2-1-7-20-13/h1-4,7-8,11,17-18H,5-6H2,(H,16,19). The zero-order chi connectivity index (χ0) is 14.5. The minimum Gasteiger partial charge on any atom is -0.507 e. The predicted molar refractivity (Wildman–Crippen MR) is 82.0 cm³/mol. The number of nitrogens with one attached hydrogen (secondary N) is 1. The number of rotatable bonds is 5. The summed E-state index contributed by atoms with van der Waals surface area (Å²) in [6, 6.07) is 8.26. The van der Waals surface area contributed by atoms with Crippen molar-refractivity contribution in [3.63, 3.8) is 0 Å². The first-order valence-electron chi connectivity index (χ1n) is 6.05. The Morgan fingerprint density at radius 1 is 1.40 bits per heavy atom. The summed E-state index contributed by atoms with van der Waals surface area (Å²) in [4.78, 5) is 13.2. The summed E-state index contributed by atoms with van der Waals surface area (Å²) in [6.07, 6.45) is 0.453. The quantitative estimate of drug-likeness (QED) is 0.771. The Kier molecular flexibility index (Phi) is 5.17. The summed E-state index contributed by atoms with van der Waals surface area (Å²) in [7, 11) is 0. The van der Waals surface area contributed by atoms with Gasteiger partial charge in [-0.05, 0) is 52.0 Å². The Labute approximate surface area is 129 Å². The average molecular weight is 356 g/mol. The molecule has 1 aromatic carbocycles. The van der Waals surface area contributed by atoms with E-state index in [1.54, 1.807) is 12.1 Å². The Balaban J connectivity index is 2.13. The number of benzene rings is 1. The Morgan fingerprint density at radius 2 is 2.20 bits per heavy atom. The van der Waals surface area contributed by atoms with Gasteiger partial charge in [0.15, 0.2) is 0 Å². The predicted octanol–water partition coefficient (Wildman–Crippen LogP) is 3.07. The lowest BCUT2D eigenvalue weighted by Crippen LogP contribution is -2.28. The number of halogens is 1. The number of thiophene rings is 1. The molecule has 0 spiro atoms. The third kappa shape index (κ3) is 3.59. The van der Waals surface area contributed by atoms with Crippen LogP contribution in [0.3, 0.4) is 0 Å². The topological polar surface area (TPSA) is 69.6 Å². The molecule has 1 amide bonds. The van der Waals surface area contributed by atoms with Gasteiger partial charge in [-0.3, -0.25) is 4.79 Å². The number of carbonyl (C=O) groups is 1. The van der Waals surface area contributed by atoms with Crippen LogP contribution in [-0.2, 0) is 0 Å². The first kappa shape index (κ1) is 15.0. The second kappa shape index (κ2) is 6.88. The molecule has 0 saturated carbocycles. The summed E-state index contributed by atoms with van der Waals surface area (Å²) < 4.78 is 0.541. The maximum Gasteiger partial charge on any atom is 0.251 e. The number of phenols is 1. The van der Waals surface area contributed by atoms with Crippen LogP contribution in [-0.4, -0.2) is 22.7 Å². The van der Waals surface area contributed by atoms with Crippen LogP contribution in [0.2, 0.25) is 0 Å². The molecule has 3 N–H and O–H groups in total. The Hall–Kier alpha value is -1.37. The van der Waals surface area contributed by atoms with E-state index in [2.05, 4.69) is 21.2 Å². The molecule has 1 atom stereocenters. The molecule has 2 rings (SSSR count). The molecule has 6 heteroatoms. The van der Waals surface area contributed by atoms with E-state index in [9.17, 15) is 9.90 Å². The zero-order valence-corrected chi connectivity index (χ0v) is 12.9. The number of hydrogen-bond acceptors (Lipinski definition) is 4. The highest BCUT2D eigenvalue weighted by molar-refractivity contribution is 9.10. The molecule has 0 fully saturated rings. The van der Waals surface area contributed by atoms with E-state index in [4.69, 9.17) is 5.11 Å². The van der Waals surface area contributed by atoms with E-state index in [1.807, 2.05) is 17.5 Å². The third-order valence-electron chi connectivity index (χ3n) is 2.82. The summed E-state index contributed by atoms with van der Waals surface area (Å²) in [5.41, 5.74) is 0.380. The molecule has 1 unspecified atom stereocenters. The molecule has 106 valence electrons. The van der Waals surface area contributed by atoms with Crippen LogP contribution < -0.4 is 5.32 Å². The summed E-state index contributed by atoms with van der Waals surface area (Å²) in [6.45, 7) is -0.00552. The fraction of sp³-hybridized carbons (Fsp3) is 0.214. The number of amides is 1. The molecule has 0 aliphatic heterocycles. The molecule has 0 aliphatic rings. The Morgan fingerprint density at radius 3 is 2.80 bits per heavy atom. The fourth-order valence-electron chi connectivity index (χ4n) is 1.80. The van der Waals surface area contributed by atoms with Gasteiger partial charge < -0.3 is 15.5 Å². The zero-order valence-electron chi connectivity index (χ0n) is 10.5. The summed E-state index contributed by atoms with van der Waals surface area (Å²) in [5, 5.41) is 23.5. The van der Waals surface area contributed by atoms with Gasteiger partial charge in [0, 0.05) is 17.0 Å². The molecule has 0 aliphatic carbocycles. The number of hydrogen-bond donors (Lipinski definition) is 3. The number of phenolic OH excluding ortho intramolecular Hbond substituents is 1. The molecule has 0 saturated heterocycles. The third-order valence-corrected chi connectivity index (χ3v) is 4.47. The maximum absolute atomic E-state index is 12.2. The van der Waals surface area contributed by atoms with Gasteiger partial charge in [-0.1, -0.05) is 6.07 Å². The SMILES string of the molecule is O=C(NC(CCO)c1cccs1)c1ccc(Br)c(O)c1. The van der Waals surface area contributed by atoms with Crippen molar-refractivity contribution < 1.29 is 15.0 Å². The molecule has 2 aromatic rings. The summed E-state index contributed by atoms with van der Waals surface area (Å²) >= 11 is 4.70. The molecule has 20 heavy (non-hydrogen) atoms. The summed E-state index contributed by atoms with van der Waals surface area (Å²) in [5.74, 6) is -0.257. The smallest absolute Gasteiger partial charge is 0.251 e. The second-order valence-electron chi connectivity index (χ2n) is 4.22. The first-order valence-corrected chi connectivity index (χ1v) is 7.72. The van der Waals surface area contributed by atoms with Crippen molar-refractivity contribution in [1.82, 2.24) is 5.32 Å². The van der Waals surface area contributed by atoms with Crippen LogP contribution >= 0.6 is 27.3 Å². The van der Waals surface area contributed by atoms with E-state index < -0.39 is 0 Å². The van der Waals surface area contributed by atoms with Crippen LogP contribution in [0.4, 0.5) is 0 Å². The lowest BCUT2D eigenvalue weighted by Gasteiger charge is -2.16. The van der Waals surface area contributed by atoms with Gasteiger partial charge in [0.05, 0.1) is 10.5 Å². The van der Waals surface area contributed by atoms with Crippen molar-refractivity contribution in [2.24, 2.45) is 0 Å². The largest absolute Gasteiger partial charge is 0.507 e. The van der Waals surface area contributed by atoms with Crippen molar-refractivity contribution in [3.8, 4) is 5.75 Å². The van der Waals surface area contributed by atoms with Crippen LogP contribution in [0.25, 0.3) is 0 Å². The van der Waals surface area contributed by atoms with E-state index in [0.29, 0.717) is 16.5 Å². The highest BCUT2D eigenvalue weighted by Gasteiger charge is 2.16. The van der Waals surface area contributed by atoms with E-state index in [1.165, 1.54) is 17.4 Å². The van der Waals surface area contributed by atoms with Gasteiger partial charge in [0.25, 0.3) is 5.91 Å². The van der Waals surface area contributed by atoms with Gasteiger partial charge in [0.1, 0.15) is 5.75 Å². The van der Waals surface area contributed by atoms with Gasteiger partial charge in [-0.25, -0.2) is 0 Å². The fourth-order valence-corrected chi connectivity index (χ4v) is 2.86. The van der Waals surface area contributed by atoms with E-state index in [-0.39, 0.29) is 24.3 Å². The highest BCUT2D eigenvalue weighted by Crippen LogP contribution is 2.26. The Bertz CT molecular complexity index is 586. The monoisotopic (exact) mass is 355 g/mol. The molecule has 4 nitrogen and oxygen atoms in total. The lowest BCUT2D eigenvalue weighted by atomic mass is 10.1. The number of aliphatic hydroxyl groups is 1. The average Bonchev–Trinajstić information content (AvgIpc) is 2.95. The van der Waals surface area contributed by atoms with Crippen LogP contribution in [0.1, 0.15) is 27.7 Å². The first-order chi connectivity index (χ1) is 9.61. The van der Waals surface area contributed by atoms with Crippen molar-refractivity contribution in [2.75, 3.05) is 6.61 Å². The van der Waals surface area contributed by atoms with Crippen molar-refractivity contribution in [3.05, 3.63) is 50.6 Å². The normalized spacial score (nSPS) is 12.1. The minimum absolute atomic E-state index is 0.00552. The minimum atomic E-state index is -0.278. The number of aromatic hydroxyl groups is 1. The molecule has 0 bridgehead atoms. The van der Waals surface area contributed by atoms with E-state index >= 15 is 0 Å². The molecular weight excluding hydrogens is 342 g/mol. The molecule has 0 radical (unpaired) electrons. The van der Waals surface area contributed by atoms with Crippen LogP contribution in [0, 0.1) is 0 Å². The van der Waals surface area contributed by atoms with Crippen molar-refractivity contribution in [1.29, 1.82) is 0 Å². The van der Waals surface area contributed by atoms with Gasteiger partial charge in [0.2, 0.25) is 0 Å². The van der Waals surface area contributed by atoms with Crippen LogP contribution in [0.15, 0.2) is 40.2 Å². The van der Waals surface area contributed by atoms with Gasteiger partial charge >= 0.3 is 0 Å². The number of aliphatic hydroxyl groups excluding tert-OH is 1. The van der Waals surface area contributed by atoms with Crippen molar-refractivity contribution >= 4 is 33.2 Å². The lowest BCUT2D eigenvalue weighted by molar-refractivity contribution is 0.0930. The maximum atomic E-state index is 12.2. The van der Waals surface area contributed by atoms with Crippen LogP contribution in [0.5, 0.6) is 5.75 Å². The van der Waals surface area contributed by atoms with Gasteiger partial charge in [-0.2, -0.15) is 0 Å². The number of carbonyl (C=O) groups excluding carboxylic acids is 1. The van der Waals surface area contributed by atoms with E-state index in [0.717, 1.165) is 4.88 Å². The molecule has 1 heterocycles. The highest BCUT2D eigenvalue weighted by atomic mass is 79.9. The second-order valence-corrected chi connectivity index (χ2v) is 6.05. The molecule has 1 aromatic heterocycles.